The third-order valence-electron chi connectivity index (χ3n) is 2.91. The highest BCUT2D eigenvalue weighted by Crippen LogP contribution is 2.47. The fraction of sp³-hybridized carbons (Fsp3) is 0.455. The largest absolute Gasteiger partial charge is 0.341 e. The molecule has 0 spiro atoms. The van der Waals surface area contributed by atoms with Gasteiger partial charge in [-0.2, -0.15) is 0 Å². The quantitative estimate of drug-likeness (QED) is 0.190. The second kappa shape index (κ2) is 6.02. The monoisotopic (exact) mass is 680 g/mol. The molecule has 0 N–H and O–H groups in total. The topological polar surface area (TPSA) is 6.48 Å². The van der Waals surface area contributed by atoms with Crippen molar-refractivity contribution in [1.82, 2.24) is 0 Å². The zero-order valence-corrected chi connectivity index (χ0v) is 18.1. The fourth-order valence-corrected chi connectivity index (χ4v) is 5.82. The summed E-state index contributed by atoms with van der Waals surface area (Å²) < 4.78 is 4.57. The zero-order chi connectivity index (χ0) is 12.7. The smallest absolute Gasteiger partial charge is 0.155 e. The third kappa shape index (κ3) is 2.52. The molecule has 94 valence electrons. The number of halogens is 4. The van der Waals surface area contributed by atoms with E-state index in [0.29, 0.717) is 4.17 Å². The van der Waals surface area contributed by atoms with Crippen molar-refractivity contribution in [3.8, 4) is 0 Å². The van der Waals surface area contributed by atoms with Gasteiger partial charge in [-0.15, -0.1) is 0 Å². The van der Waals surface area contributed by atoms with Gasteiger partial charge in [-0.05, 0) is 110 Å². The van der Waals surface area contributed by atoms with E-state index < -0.39 is 0 Å². The summed E-state index contributed by atoms with van der Waals surface area (Å²) in [5, 5.41) is 0. The lowest BCUT2D eigenvalue weighted by Crippen LogP contribution is -2.38. The molecule has 0 fully saturated rings. The molecular weight excluding hydrogens is 668 g/mol. The zero-order valence-electron chi connectivity index (χ0n) is 9.48. The van der Waals surface area contributed by atoms with E-state index in [4.69, 9.17) is 0 Å². The summed E-state index contributed by atoms with van der Waals surface area (Å²) >= 11 is 9.91. The van der Waals surface area contributed by atoms with Gasteiger partial charge in [-0.1, -0.05) is 0 Å². The summed E-state index contributed by atoms with van der Waals surface area (Å²) in [6.45, 7) is 6.58. The van der Waals surface area contributed by atoms with Crippen LogP contribution in [0.3, 0.4) is 0 Å². The molecule has 0 aromatic heterocycles. The lowest BCUT2D eigenvalue weighted by atomic mass is 10.2. The van der Waals surface area contributed by atoms with Crippen LogP contribution in [0.4, 0.5) is 11.4 Å². The normalized spacial score (nSPS) is 18.8. The minimum Gasteiger partial charge on any atom is -0.341 e. The third-order valence-corrected chi connectivity index (χ3v) is 9.34. The van der Waals surface area contributed by atoms with Crippen molar-refractivity contribution in [2.45, 2.75) is 18.0 Å². The van der Waals surface area contributed by atoms with E-state index in [1.165, 1.54) is 22.1 Å². The first-order valence-electron chi connectivity index (χ1n) is 5.37. The summed E-state index contributed by atoms with van der Waals surface area (Å²) in [5.41, 5.74) is 2.81. The number of benzene rings is 1. The molecule has 1 unspecified atom stereocenters. The Bertz CT molecular complexity index is 450. The predicted octanol–water partition coefficient (Wildman–Crippen LogP) is 4.89. The molecule has 1 aliphatic heterocycles. The van der Waals surface area contributed by atoms with Crippen molar-refractivity contribution in [3.05, 3.63) is 16.8 Å². The molecule has 1 aromatic rings. The van der Waals surface area contributed by atoms with Crippen LogP contribution < -0.4 is 9.80 Å². The van der Waals surface area contributed by atoms with Gasteiger partial charge in [0.1, 0.15) is 0 Å². The van der Waals surface area contributed by atoms with Crippen LogP contribution in [0.5, 0.6) is 0 Å². The van der Waals surface area contributed by atoms with Gasteiger partial charge in [-0.3, -0.25) is 0 Å². The predicted molar refractivity (Wildman–Crippen MR) is 108 cm³/mol. The van der Waals surface area contributed by atoms with Crippen LogP contribution in [0.15, 0.2) is 6.07 Å². The van der Waals surface area contributed by atoms with Gasteiger partial charge in [0.05, 0.1) is 14.9 Å². The maximum atomic E-state index is 2.54. The molecule has 17 heavy (non-hydrogen) atoms. The van der Waals surface area contributed by atoms with E-state index in [-0.39, 0.29) is 0 Å². The highest BCUT2D eigenvalue weighted by molar-refractivity contribution is 14.1. The van der Waals surface area contributed by atoms with E-state index in [1.807, 2.05) is 0 Å². The molecule has 0 radical (unpaired) electrons. The minimum absolute atomic E-state index is 0.445. The van der Waals surface area contributed by atoms with Crippen molar-refractivity contribution >= 4 is 102 Å². The van der Waals surface area contributed by atoms with Crippen LogP contribution in [0, 0.1) is 10.7 Å². The Morgan fingerprint density at radius 2 is 1.65 bits per heavy atom. The standard InChI is InChI=1S/C11H12I4N2/c1-3-16-7-5-6(12)8(13)9(14)10(7)17(4-2)11(16)15/h5,11H,3-4H2,1-2H3. The lowest BCUT2D eigenvalue weighted by Gasteiger charge is -2.26. The van der Waals surface area contributed by atoms with Gasteiger partial charge in [0.15, 0.2) is 4.17 Å². The molecule has 1 aromatic carbocycles. The van der Waals surface area contributed by atoms with Gasteiger partial charge >= 0.3 is 0 Å². The summed E-state index contributed by atoms with van der Waals surface area (Å²) in [5.74, 6) is 0. The molecule has 2 nitrogen and oxygen atoms in total. The maximum Gasteiger partial charge on any atom is 0.155 e. The molecular formula is C11H12I4N2. The lowest BCUT2D eigenvalue weighted by molar-refractivity contribution is 0.777. The number of nitrogens with zero attached hydrogens (tertiary/aromatic N) is 2. The first kappa shape index (κ1) is 15.1. The van der Waals surface area contributed by atoms with E-state index >= 15 is 0 Å². The Morgan fingerprint density at radius 3 is 2.18 bits per heavy atom. The molecule has 1 heterocycles. The highest BCUT2D eigenvalue weighted by Gasteiger charge is 2.35. The Balaban J connectivity index is 2.66. The average Bonchev–Trinajstić information content (AvgIpc) is 2.58. The Kier molecular flexibility index (Phi) is 5.36. The fourth-order valence-electron chi connectivity index (χ4n) is 2.08. The van der Waals surface area contributed by atoms with Gasteiger partial charge in [-0.25, -0.2) is 0 Å². The van der Waals surface area contributed by atoms with Gasteiger partial charge in [0.2, 0.25) is 0 Å². The SMILES string of the molecule is CCN1c2cc(I)c(I)c(I)c2N(CC)C1I. The molecule has 0 amide bonds. The minimum atomic E-state index is 0.445. The number of rotatable bonds is 2. The summed E-state index contributed by atoms with van der Waals surface area (Å²) in [4.78, 5) is 4.96. The van der Waals surface area contributed by atoms with Crippen molar-refractivity contribution < 1.29 is 0 Å². The van der Waals surface area contributed by atoms with Crippen LogP contribution in [-0.4, -0.2) is 17.3 Å². The summed E-state index contributed by atoms with van der Waals surface area (Å²) in [6.07, 6.45) is 0. The Labute approximate surface area is 157 Å². The van der Waals surface area contributed by atoms with E-state index in [0.717, 1.165) is 13.1 Å². The van der Waals surface area contributed by atoms with Gasteiger partial charge in [0, 0.05) is 20.2 Å². The number of anilines is 2. The van der Waals surface area contributed by atoms with Gasteiger partial charge < -0.3 is 9.80 Å². The average molecular weight is 680 g/mol. The second-order valence-corrected chi connectivity index (χ2v) is 8.17. The van der Waals surface area contributed by atoms with Gasteiger partial charge in [0.25, 0.3) is 0 Å². The van der Waals surface area contributed by atoms with Crippen molar-refractivity contribution in [1.29, 1.82) is 0 Å². The summed E-state index contributed by atoms with van der Waals surface area (Å²) in [7, 11) is 0. The van der Waals surface area contributed by atoms with Crippen LogP contribution in [0.1, 0.15) is 13.8 Å². The van der Waals surface area contributed by atoms with E-state index in [1.54, 1.807) is 0 Å². The maximum absolute atomic E-state index is 2.54. The first-order chi connectivity index (χ1) is 8.02. The van der Waals surface area contributed by atoms with Crippen LogP contribution >= 0.6 is 90.4 Å². The Morgan fingerprint density at radius 1 is 1.06 bits per heavy atom. The molecule has 1 atom stereocenters. The highest BCUT2D eigenvalue weighted by atomic mass is 127. The molecule has 2 rings (SSSR count). The van der Waals surface area contributed by atoms with E-state index in [9.17, 15) is 0 Å². The molecule has 0 aliphatic carbocycles. The van der Waals surface area contributed by atoms with Crippen molar-refractivity contribution in [3.63, 3.8) is 0 Å². The molecule has 0 saturated heterocycles. The van der Waals surface area contributed by atoms with Crippen LogP contribution in [0.25, 0.3) is 0 Å². The number of alkyl halides is 1. The number of fused-ring (bicyclic) bond motifs is 1. The molecule has 0 bridgehead atoms. The van der Waals surface area contributed by atoms with Crippen LogP contribution in [0.2, 0.25) is 0 Å². The molecule has 6 heteroatoms. The van der Waals surface area contributed by atoms with Crippen molar-refractivity contribution in [2.75, 3.05) is 22.9 Å². The molecule has 0 saturated carbocycles. The number of hydrogen-bond acceptors (Lipinski definition) is 2. The Hall–Kier alpha value is 1.74. The van der Waals surface area contributed by atoms with Crippen LogP contribution in [-0.2, 0) is 0 Å². The number of hydrogen-bond donors (Lipinski definition) is 0. The first-order valence-corrected chi connectivity index (χ1v) is 9.85. The molecule has 1 aliphatic rings. The van der Waals surface area contributed by atoms with E-state index in [2.05, 4.69) is 120 Å². The summed E-state index contributed by atoms with van der Waals surface area (Å²) in [6, 6.07) is 2.32. The second-order valence-electron chi connectivity index (χ2n) is 3.74. The van der Waals surface area contributed by atoms with Crippen molar-refractivity contribution in [2.24, 2.45) is 0 Å².